The van der Waals surface area contributed by atoms with Crippen molar-refractivity contribution in [3.05, 3.63) is 69.2 Å². The Morgan fingerprint density at radius 3 is 2.25 bits per heavy atom. The van der Waals surface area contributed by atoms with Gasteiger partial charge in [-0.1, -0.05) is 39.7 Å². The van der Waals surface area contributed by atoms with Crippen LogP contribution in [-0.2, 0) is 0 Å². The van der Waals surface area contributed by atoms with Crippen LogP contribution in [0, 0.1) is 0 Å². The number of benzene rings is 2. The van der Waals surface area contributed by atoms with Gasteiger partial charge in [-0.15, -0.1) is 0 Å². The molecule has 0 unspecified atom stereocenters. The van der Waals surface area contributed by atoms with Crippen molar-refractivity contribution in [3.8, 4) is 0 Å². The molecule has 0 heterocycles. The maximum atomic E-state index is 12.1. The molecule has 0 saturated carbocycles. The largest absolute Gasteiger partial charge is 0.289 e. The first-order chi connectivity index (χ1) is 7.68. The van der Waals surface area contributed by atoms with E-state index in [2.05, 4.69) is 15.9 Å². The van der Waals surface area contributed by atoms with E-state index in [4.69, 9.17) is 11.6 Å². The standard InChI is InChI=1S/C13H8BrClO/c14-12-4-2-1-3-11(12)13(16)9-5-7-10(15)8-6-9/h1-8H. The minimum Gasteiger partial charge on any atom is -0.289 e. The van der Waals surface area contributed by atoms with Gasteiger partial charge in [-0.3, -0.25) is 4.79 Å². The third-order valence-electron chi connectivity index (χ3n) is 2.22. The fourth-order valence-corrected chi connectivity index (χ4v) is 1.99. The van der Waals surface area contributed by atoms with E-state index in [1.54, 1.807) is 30.3 Å². The average molecular weight is 296 g/mol. The Labute approximate surface area is 107 Å². The van der Waals surface area contributed by atoms with Gasteiger partial charge in [-0.25, -0.2) is 0 Å². The number of halogens is 2. The van der Waals surface area contributed by atoms with Crippen LogP contribution in [0.25, 0.3) is 0 Å². The highest BCUT2D eigenvalue weighted by Crippen LogP contribution is 2.20. The second-order valence-corrected chi connectivity index (χ2v) is 4.61. The van der Waals surface area contributed by atoms with E-state index >= 15 is 0 Å². The molecule has 2 aromatic rings. The van der Waals surface area contributed by atoms with Gasteiger partial charge in [-0.2, -0.15) is 0 Å². The summed E-state index contributed by atoms with van der Waals surface area (Å²) < 4.78 is 0.801. The van der Waals surface area contributed by atoms with Gasteiger partial charge < -0.3 is 0 Å². The van der Waals surface area contributed by atoms with Crippen LogP contribution < -0.4 is 0 Å². The SMILES string of the molecule is O=C(c1ccc(Cl)cc1)c1ccccc1Br. The Morgan fingerprint density at radius 1 is 1.00 bits per heavy atom. The van der Waals surface area contributed by atoms with Gasteiger partial charge in [0.2, 0.25) is 0 Å². The Kier molecular flexibility index (Phi) is 3.42. The van der Waals surface area contributed by atoms with Crippen molar-refractivity contribution in [2.75, 3.05) is 0 Å². The van der Waals surface area contributed by atoms with Crippen LogP contribution in [0.1, 0.15) is 15.9 Å². The van der Waals surface area contributed by atoms with Gasteiger partial charge in [0.15, 0.2) is 5.78 Å². The fraction of sp³-hybridized carbons (Fsp3) is 0. The number of hydrogen-bond donors (Lipinski definition) is 0. The maximum Gasteiger partial charge on any atom is 0.194 e. The summed E-state index contributed by atoms with van der Waals surface area (Å²) >= 11 is 9.13. The number of ketones is 1. The van der Waals surface area contributed by atoms with Crippen LogP contribution in [0.4, 0.5) is 0 Å². The first-order valence-corrected chi connectivity index (χ1v) is 5.90. The Balaban J connectivity index is 2.40. The van der Waals surface area contributed by atoms with E-state index in [9.17, 15) is 4.79 Å². The van der Waals surface area contributed by atoms with Crippen molar-refractivity contribution in [1.29, 1.82) is 0 Å². The molecule has 0 N–H and O–H groups in total. The molecule has 0 atom stereocenters. The average Bonchev–Trinajstić information content (AvgIpc) is 2.30. The molecular weight excluding hydrogens is 287 g/mol. The lowest BCUT2D eigenvalue weighted by molar-refractivity contribution is 0.103. The van der Waals surface area contributed by atoms with E-state index in [0.29, 0.717) is 16.1 Å². The topological polar surface area (TPSA) is 17.1 Å². The molecule has 0 aliphatic rings. The molecule has 0 saturated heterocycles. The summed E-state index contributed by atoms with van der Waals surface area (Å²) in [5.74, 6) is -0.0101. The van der Waals surface area contributed by atoms with Crippen molar-refractivity contribution in [1.82, 2.24) is 0 Å². The van der Waals surface area contributed by atoms with Crippen LogP contribution in [0.3, 0.4) is 0 Å². The molecule has 0 aromatic heterocycles. The normalized spacial score (nSPS) is 10.1. The van der Waals surface area contributed by atoms with E-state index in [1.165, 1.54) is 0 Å². The van der Waals surface area contributed by atoms with Gasteiger partial charge >= 0.3 is 0 Å². The van der Waals surface area contributed by atoms with Gasteiger partial charge in [0.05, 0.1) is 0 Å². The van der Waals surface area contributed by atoms with Crippen LogP contribution in [0.2, 0.25) is 5.02 Å². The first kappa shape index (κ1) is 11.4. The summed E-state index contributed by atoms with van der Waals surface area (Å²) in [7, 11) is 0. The van der Waals surface area contributed by atoms with Crippen LogP contribution >= 0.6 is 27.5 Å². The van der Waals surface area contributed by atoms with Gasteiger partial charge in [0.25, 0.3) is 0 Å². The van der Waals surface area contributed by atoms with Gasteiger partial charge in [0, 0.05) is 20.6 Å². The van der Waals surface area contributed by atoms with E-state index < -0.39 is 0 Å². The zero-order valence-electron chi connectivity index (χ0n) is 8.28. The molecule has 80 valence electrons. The molecule has 0 radical (unpaired) electrons. The smallest absolute Gasteiger partial charge is 0.194 e. The Hall–Kier alpha value is -1.12. The van der Waals surface area contributed by atoms with Crippen molar-refractivity contribution in [3.63, 3.8) is 0 Å². The monoisotopic (exact) mass is 294 g/mol. The van der Waals surface area contributed by atoms with Crippen molar-refractivity contribution in [2.45, 2.75) is 0 Å². The Bertz CT molecular complexity index is 520. The second kappa shape index (κ2) is 4.81. The summed E-state index contributed by atoms with van der Waals surface area (Å²) in [6.45, 7) is 0. The van der Waals surface area contributed by atoms with Crippen LogP contribution in [0.5, 0.6) is 0 Å². The predicted octanol–water partition coefficient (Wildman–Crippen LogP) is 4.33. The minimum atomic E-state index is -0.0101. The molecule has 2 rings (SSSR count). The van der Waals surface area contributed by atoms with Crippen molar-refractivity contribution in [2.24, 2.45) is 0 Å². The highest BCUT2D eigenvalue weighted by atomic mass is 79.9. The molecule has 2 aromatic carbocycles. The quantitative estimate of drug-likeness (QED) is 0.754. The number of carbonyl (C=O) groups excluding carboxylic acids is 1. The summed E-state index contributed by atoms with van der Waals surface area (Å²) in [6, 6.07) is 14.2. The molecule has 0 aliphatic heterocycles. The van der Waals surface area contributed by atoms with Gasteiger partial charge in [-0.05, 0) is 36.4 Å². The van der Waals surface area contributed by atoms with Crippen molar-refractivity contribution < 1.29 is 4.79 Å². The maximum absolute atomic E-state index is 12.1. The van der Waals surface area contributed by atoms with Crippen LogP contribution in [-0.4, -0.2) is 5.78 Å². The Morgan fingerprint density at radius 2 is 1.62 bits per heavy atom. The number of carbonyl (C=O) groups is 1. The molecular formula is C13H8BrClO. The summed E-state index contributed by atoms with van der Waals surface area (Å²) in [5, 5.41) is 0.628. The van der Waals surface area contributed by atoms with Gasteiger partial charge in [0.1, 0.15) is 0 Å². The molecule has 0 bridgehead atoms. The predicted molar refractivity (Wildman–Crippen MR) is 69.0 cm³/mol. The number of hydrogen-bond acceptors (Lipinski definition) is 1. The lowest BCUT2D eigenvalue weighted by atomic mass is 10.0. The summed E-state index contributed by atoms with van der Waals surface area (Å²) in [6.07, 6.45) is 0. The molecule has 16 heavy (non-hydrogen) atoms. The highest BCUT2D eigenvalue weighted by Gasteiger charge is 2.11. The van der Waals surface area contributed by atoms with E-state index in [-0.39, 0.29) is 5.78 Å². The molecule has 0 amide bonds. The molecule has 0 spiro atoms. The van der Waals surface area contributed by atoms with Crippen LogP contribution in [0.15, 0.2) is 53.0 Å². The van der Waals surface area contributed by atoms with E-state index in [1.807, 2.05) is 18.2 Å². The molecule has 0 aliphatic carbocycles. The highest BCUT2D eigenvalue weighted by molar-refractivity contribution is 9.10. The minimum absolute atomic E-state index is 0.0101. The zero-order chi connectivity index (χ0) is 11.5. The summed E-state index contributed by atoms with van der Waals surface area (Å²) in [5.41, 5.74) is 1.29. The lowest BCUT2D eigenvalue weighted by Crippen LogP contribution is -2.01. The second-order valence-electron chi connectivity index (χ2n) is 3.32. The molecule has 3 heteroatoms. The zero-order valence-corrected chi connectivity index (χ0v) is 10.6. The van der Waals surface area contributed by atoms with Crippen molar-refractivity contribution >= 4 is 33.3 Å². The first-order valence-electron chi connectivity index (χ1n) is 4.73. The lowest BCUT2D eigenvalue weighted by Gasteiger charge is -2.03. The third-order valence-corrected chi connectivity index (χ3v) is 3.17. The number of rotatable bonds is 2. The third kappa shape index (κ3) is 2.34. The van der Waals surface area contributed by atoms with E-state index in [0.717, 1.165) is 4.47 Å². The fourth-order valence-electron chi connectivity index (χ4n) is 1.40. The molecule has 1 nitrogen and oxygen atoms in total. The molecule has 0 fully saturated rings. The summed E-state index contributed by atoms with van der Waals surface area (Å²) in [4.78, 5) is 12.1.